The fourth-order valence-corrected chi connectivity index (χ4v) is 2.44. The number of carbonyl (C=O) groups is 1. The number of rotatable bonds is 4. The van der Waals surface area contributed by atoms with Crippen LogP contribution in [0.4, 0.5) is 0 Å². The predicted octanol–water partition coefficient (Wildman–Crippen LogP) is 1.14. The number of fused-ring (bicyclic) bond motifs is 1. The van der Waals surface area contributed by atoms with E-state index < -0.39 is 0 Å². The fourth-order valence-electron chi connectivity index (χ4n) is 2.44. The molecule has 5 heteroatoms. The molecule has 0 spiro atoms. The number of ether oxygens (including phenoxy) is 1. The third kappa shape index (κ3) is 2.81. The van der Waals surface area contributed by atoms with E-state index in [4.69, 9.17) is 4.74 Å². The van der Waals surface area contributed by atoms with E-state index in [1.807, 2.05) is 20.0 Å². The van der Waals surface area contributed by atoms with Crippen LogP contribution >= 0.6 is 0 Å². The van der Waals surface area contributed by atoms with Crippen LogP contribution < -0.4 is 10.1 Å². The van der Waals surface area contributed by atoms with Gasteiger partial charge in [0.05, 0.1) is 6.04 Å². The molecule has 0 saturated carbocycles. The molecule has 1 amide bonds. The molecule has 1 aliphatic rings. The zero-order valence-corrected chi connectivity index (χ0v) is 11.5. The molecule has 2 unspecified atom stereocenters. The van der Waals surface area contributed by atoms with Crippen molar-refractivity contribution in [1.29, 1.82) is 0 Å². The zero-order valence-electron chi connectivity index (χ0n) is 11.5. The second-order valence-corrected chi connectivity index (χ2v) is 5.00. The van der Waals surface area contributed by atoms with Gasteiger partial charge in [-0.05, 0) is 19.2 Å². The number of phenols is 1. The first-order valence-electron chi connectivity index (χ1n) is 6.40. The number of phenolic OH excluding ortho intramolecular Hbond substituents is 1. The lowest BCUT2D eigenvalue weighted by Gasteiger charge is -2.25. The summed E-state index contributed by atoms with van der Waals surface area (Å²) < 4.78 is 5.58. The minimum Gasteiger partial charge on any atom is -0.508 e. The van der Waals surface area contributed by atoms with Crippen molar-refractivity contribution in [3.63, 3.8) is 0 Å². The Morgan fingerprint density at radius 1 is 1.63 bits per heavy atom. The molecule has 0 saturated heterocycles. The highest BCUT2D eigenvalue weighted by molar-refractivity contribution is 5.78. The van der Waals surface area contributed by atoms with E-state index in [2.05, 4.69) is 10.2 Å². The first-order valence-corrected chi connectivity index (χ1v) is 6.40. The van der Waals surface area contributed by atoms with Crippen molar-refractivity contribution in [2.24, 2.45) is 5.92 Å². The fraction of sp³-hybridized carbons (Fsp3) is 0.500. The number of amides is 1. The third-order valence-corrected chi connectivity index (χ3v) is 3.54. The number of carbonyl (C=O) groups excluding carboxylic acids is 1. The van der Waals surface area contributed by atoms with E-state index >= 15 is 0 Å². The Hall–Kier alpha value is -1.75. The van der Waals surface area contributed by atoms with Gasteiger partial charge in [0.15, 0.2) is 0 Å². The minimum atomic E-state index is -0.0730. The molecule has 2 N–H and O–H groups in total. The molecule has 0 radical (unpaired) electrons. The second-order valence-electron chi connectivity index (χ2n) is 5.00. The molecule has 1 heterocycles. The molecule has 1 aromatic rings. The maximum absolute atomic E-state index is 11.6. The van der Waals surface area contributed by atoms with Gasteiger partial charge >= 0.3 is 0 Å². The van der Waals surface area contributed by atoms with Gasteiger partial charge in [-0.2, -0.15) is 0 Å². The standard InChI is InChI=1S/C14H20N2O3/c1-9(14(18)15-2)7-16(3)12-8-19-13-6-10(17)4-5-11(12)13/h4-6,9,12,17H,7-8H2,1-3H3,(H,15,18). The Bertz CT molecular complexity index is 476. The van der Waals surface area contributed by atoms with Gasteiger partial charge in [-0.1, -0.05) is 6.92 Å². The first kappa shape index (κ1) is 13.7. The summed E-state index contributed by atoms with van der Waals surface area (Å²) in [6.45, 7) is 3.12. The molecule has 0 bridgehead atoms. The summed E-state index contributed by atoms with van der Waals surface area (Å²) in [7, 11) is 3.63. The van der Waals surface area contributed by atoms with Crippen LogP contribution in [0.25, 0.3) is 0 Å². The smallest absolute Gasteiger partial charge is 0.223 e. The zero-order chi connectivity index (χ0) is 14.0. The lowest BCUT2D eigenvalue weighted by Crippen LogP contribution is -2.36. The molecule has 2 atom stereocenters. The third-order valence-electron chi connectivity index (χ3n) is 3.54. The van der Waals surface area contributed by atoms with E-state index in [9.17, 15) is 9.90 Å². The SMILES string of the molecule is CNC(=O)C(C)CN(C)C1COc2cc(O)ccc21. The normalized spacial score (nSPS) is 18.8. The first-order chi connectivity index (χ1) is 9.02. The van der Waals surface area contributed by atoms with Gasteiger partial charge in [0.1, 0.15) is 18.1 Å². The van der Waals surface area contributed by atoms with Crippen molar-refractivity contribution in [1.82, 2.24) is 10.2 Å². The Kier molecular flexibility index (Phi) is 3.95. The number of nitrogens with zero attached hydrogens (tertiary/aromatic N) is 1. The van der Waals surface area contributed by atoms with Gasteiger partial charge < -0.3 is 15.2 Å². The average Bonchev–Trinajstić information content (AvgIpc) is 2.80. The van der Waals surface area contributed by atoms with Gasteiger partial charge in [-0.15, -0.1) is 0 Å². The second kappa shape index (κ2) is 5.48. The van der Waals surface area contributed by atoms with E-state index in [0.717, 1.165) is 11.3 Å². The molecule has 1 aliphatic heterocycles. The highest BCUT2D eigenvalue weighted by Gasteiger charge is 2.29. The summed E-state index contributed by atoms with van der Waals surface area (Å²) in [6, 6.07) is 5.30. The Labute approximate surface area is 113 Å². The predicted molar refractivity (Wildman–Crippen MR) is 72.2 cm³/mol. The molecule has 2 rings (SSSR count). The summed E-state index contributed by atoms with van der Waals surface area (Å²) in [5, 5.41) is 12.1. The lowest BCUT2D eigenvalue weighted by atomic mass is 10.0. The molecular formula is C14H20N2O3. The van der Waals surface area contributed by atoms with Gasteiger partial charge in [0.25, 0.3) is 0 Å². The summed E-state index contributed by atoms with van der Waals surface area (Å²) >= 11 is 0. The molecule has 0 aliphatic carbocycles. The summed E-state index contributed by atoms with van der Waals surface area (Å²) in [4.78, 5) is 13.7. The largest absolute Gasteiger partial charge is 0.508 e. The van der Waals surface area contributed by atoms with Gasteiger partial charge in [-0.25, -0.2) is 0 Å². The van der Waals surface area contributed by atoms with Crippen LogP contribution in [0.5, 0.6) is 11.5 Å². The van der Waals surface area contributed by atoms with E-state index in [1.54, 1.807) is 19.2 Å². The van der Waals surface area contributed by atoms with Crippen LogP contribution in [0, 0.1) is 5.92 Å². The molecule has 104 valence electrons. The number of aromatic hydroxyl groups is 1. The molecular weight excluding hydrogens is 244 g/mol. The van der Waals surface area contributed by atoms with Crippen molar-refractivity contribution in [2.45, 2.75) is 13.0 Å². The van der Waals surface area contributed by atoms with Crippen molar-refractivity contribution in [3.05, 3.63) is 23.8 Å². The van der Waals surface area contributed by atoms with Gasteiger partial charge in [0.2, 0.25) is 5.91 Å². The molecule has 0 aromatic heterocycles. The van der Waals surface area contributed by atoms with Crippen molar-refractivity contribution >= 4 is 5.91 Å². The number of likely N-dealkylation sites (N-methyl/N-ethyl adjacent to an activating group) is 1. The number of benzene rings is 1. The summed E-state index contributed by atoms with van der Waals surface area (Å²) in [5.41, 5.74) is 1.06. The number of hydrogen-bond donors (Lipinski definition) is 2. The highest BCUT2D eigenvalue weighted by Crippen LogP contribution is 2.37. The quantitative estimate of drug-likeness (QED) is 0.856. The number of hydrogen-bond acceptors (Lipinski definition) is 4. The van der Waals surface area contributed by atoms with E-state index in [0.29, 0.717) is 13.2 Å². The van der Waals surface area contributed by atoms with Crippen molar-refractivity contribution in [2.75, 3.05) is 27.2 Å². The Morgan fingerprint density at radius 2 is 2.37 bits per heavy atom. The maximum Gasteiger partial charge on any atom is 0.223 e. The Balaban J connectivity index is 2.07. The molecule has 1 aromatic carbocycles. The van der Waals surface area contributed by atoms with Crippen LogP contribution in [0.15, 0.2) is 18.2 Å². The van der Waals surface area contributed by atoms with Crippen LogP contribution in [-0.2, 0) is 4.79 Å². The Morgan fingerprint density at radius 3 is 3.05 bits per heavy atom. The minimum absolute atomic E-state index is 0.0386. The monoisotopic (exact) mass is 264 g/mol. The van der Waals surface area contributed by atoms with E-state index in [1.165, 1.54) is 0 Å². The van der Waals surface area contributed by atoms with Crippen molar-refractivity contribution in [3.8, 4) is 11.5 Å². The molecule has 0 fully saturated rings. The lowest BCUT2D eigenvalue weighted by molar-refractivity contribution is -0.124. The van der Waals surface area contributed by atoms with E-state index in [-0.39, 0.29) is 23.6 Å². The van der Waals surface area contributed by atoms with Crippen LogP contribution in [0.3, 0.4) is 0 Å². The molecule has 19 heavy (non-hydrogen) atoms. The maximum atomic E-state index is 11.6. The summed E-state index contributed by atoms with van der Waals surface area (Å²) in [5.74, 6) is 0.901. The van der Waals surface area contributed by atoms with Gasteiger partial charge in [0, 0.05) is 31.1 Å². The topological polar surface area (TPSA) is 61.8 Å². The summed E-state index contributed by atoms with van der Waals surface area (Å²) in [6.07, 6.45) is 0. The molecule has 5 nitrogen and oxygen atoms in total. The van der Waals surface area contributed by atoms with Gasteiger partial charge in [-0.3, -0.25) is 9.69 Å². The van der Waals surface area contributed by atoms with Crippen LogP contribution in [-0.4, -0.2) is 43.2 Å². The van der Waals surface area contributed by atoms with Crippen LogP contribution in [0.2, 0.25) is 0 Å². The van der Waals surface area contributed by atoms with Crippen molar-refractivity contribution < 1.29 is 14.6 Å². The van der Waals surface area contributed by atoms with Crippen LogP contribution in [0.1, 0.15) is 18.5 Å². The highest BCUT2D eigenvalue weighted by atomic mass is 16.5. The average molecular weight is 264 g/mol. The number of nitrogens with one attached hydrogen (secondary N) is 1.